The maximum Gasteiger partial charge on any atom is 0.320 e. The lowest BCUT2D eigenvalue weighted by atomic mass is 9.76. The molecule has 7 rings (SSSR count). The van der Waals surface area contributed by atoms with Gasteiger partial charge in [0, 0.05) is 29.1 Å². The number of halogens is 1. The zero-order valence-electron chi connectivity index (χ0n) is 27.5. The number of aromatic nitrogens is 1. The van der Waals surface area contributed by atoms with E-state index in [0.717, 1.165) is 98.1 Å². The number of hydrogen-bond donors (Lipinski definition) is 4. The summed E-state index contributed by atoms with van der Waals surface area (Å²) in [5.41, 5.74) is 6.61. The summed E-state index contributed by atoms with van der Waals surface area (Å²) in [6.45, 7) is 1.64. The molecule has 2 saturated heterocycles. The number of carbonyl (C=O) groups is 4. The molecule has 4 N–H and O–H groups in total. The first-order chi connectivity index (χ1) is 24.3. The van der Waals surface area contributed by atoms with Gasteiger partial charge < -0.3 is 39.9 Å². The largest absolute Gasteiger partial charge is 0.480 e. The fraction of sp³-hybridized carbons (Fsp3) is 0.417. The number of carbonyl (C=O) groups excluding carboxylic acids is 2. The summed E-state index contributed by atoms with van der Waals surface area (Å²) in [5, 5.41) is 24.6. The number of ether oxygens (including phenoxy) is 1. The number of carboxylic acids is 2. The summed E-state index contributed by atoms with van der Waals surface area (Å²) < 4.78 is 6.66. The maximum absolute atomic E-state index is 11.9. The number of fused-ring (bicyclic) bond motifs is 4. The quantitative estimate of drug-likeness (QED) is 0.159. The molecule has 11 nitrogen and oxygen atoms in total. The second-order valence-electron chi connectivity index (χ2n) is 13.2. The summed E-state index contributed by atoms with van der Waals surface area (Å²) in [6.07, 6.45) is 9.76. The molecule has 2 bridgehead atoms. The number of hydrogen-bond acceptors (Lipinski definition) is 9. The zero-order chi connectivity index (χ0) is 35.2. The van der Waals surface area contributed by atoms with Crippen LogP contribution < -0.4 is 15.4 Å². The summed E-state index contributed by atoms with van der Waals surface area (Å²) in [4.78, 5) is 51.4. The molecule has 2 aromatic carbocycles. The highest BCUT2D eigenvalue weighted by atomic mass is 79.9. The molecule has 1 aromatic heterocycles. The van der Waals surface area contributed by atoms with Crippen LogP contribution in [0.25, 0.3) is 11.1 Å². The molecular formula is C36H39B2BrN4O7. The Bertz CT molecular complexity index is 1730. The SMILES string of the molecule is O=C[B]N[C@H](C(=O)O)[C@@H]1CCCc2ccc(-c3ccnc(N4C[C@H]5C[C@@H]4CO5)c3)cc21.O=C[B]N[C@H](C(=O)O)[C@@H]1CCCc2ccc(Br)cc21. The molecule has 0 saturated carbocycles. The smallest absolute Gasteiger partial charge is 0.320 e. The van der Waals surface area contributed by atoms with Crippen molar-refractivity contribution in [2.75, 3.05) is 18.1 Å². The van der Waals surface area contributed by atoms with Crippen molar-refractivity contribution < 1.29 is 34.1 Å². The second kappa shape index (κ2) is 16.5. The standard InChI is InChI=1S/C23H25BN3O4.C13H14BBrNO3/c28-13-24-26-22(23(29)30)19-3-1-2-14-4-5-15(8-20(14)19)16-6-7-25-21(9-16)27-11-18-10-17(27)12-31-18;15-9-5-4-8-2-1-3-10(11(8)6-9)12(13(18)19)16-14-7-17/h4-9,13,17-19,22,26H,1-3,10-12H2,(H,29,30);4-7,10,12,16H,1-3H2,(H,18,19)/t17-,18-,19-,22+;10-,12+/m11/s1. The van der Waals surface area contributed by atoms with Gasteiger partial charge in [0.2, 0.25) is 0 Å². The van der Waals surface area contributed by atoms with E-state index in [-0.39, 0.29) is 11.8 Å². The van der Waals surface area contributed by atoms with Gasteiger partial charge in [0.15, 0.2) is 0 Å². The van der Waals surface area contributed by atoms with E-state index in [9.17, 15) is 29.4 Å². The van der Waals surface area contributed by atoms with Gasteiger partial charge in [-0.15, -0.1) is 0 Å². The lowest BCUT2D eigenvalue weighted by Crippen LogP contribution is -2.45. The van der Waals surface area contributed by atoms with Crippen molar-refractivity contribution in [1.29, 1.82) is 0 Å². The van der Waals surface area contributed by atoms with E-state index in [1.54, 1.807) is 0 Å². The van der Waals surface area contributed by atoms with Crippen LogP contribution >= 0.6 is 15.9 Å². The fourth-order valence-electron chi connectivity index (χ4n) is 7.95. The Balaban J connectivity index is 0.000000195. The number of benzene rings is 2. The Hall–Kier alpha value is -3.84. The first kappa shape index (κ1) is 36.0. The molecular weight excluding hydrogens is 702 g/mol. The molecule has 3 heterocycles. The van der Waals surface area contributed by atoms with Gasteiger partial charge in [-0.3, -0.25) is 9.59 Å². The van der Waals surface area contributed by atoms with Gasteiger partial charge in [-0.25, -0.2) is 4.98 Å². The fourth-order valence-corrected chi connectivity index (χ4v) is 8.33. The van der Waals surface area contributed by atoms with Crippen LogP contribution in [-0.2, 0) is 36.8 Å². The van der Waals surface area contributed by atoms with E-state index in [2.05, 4.69) is 60.5 Å². The van der Waals surface area contributed by atoms with E-state index in [0.29, 0.717) is 24.5 Å². The van der Waals surface area contributed by atoms with Gasteiger partial charge in [0.1, 0.15) is 17.9 Å². The molecule has 0 unspecified atom stereocenters. The van der Waals surface area contributed by atoms with Crippen LogP contribution in [0.2, 0.25) is 0 Å². The maximum atomic E-state index is 11.9. The number of nitrogens with one attached hydrogen (secondary N) is 2. The Kier molecular flexibility index (Phi) is 11.8. The molecule has 50 heavy (non-hydrogen) atoms. The first-order valence-electron chi connectivity index (χ1n) is 17.0. The molecule has 14 heteroatoms. The van der Waals surface area contributed by atoms with Crippen molar-refractivity contribution >= 4 is 60.9 Å². The van der Waals surface area contributed by atoms with Gasteiger partial charge in [-0.1, -0.05) is 40.2 Å². The Morgan fingerprint density at radius 2 is 1.48 bits per heavy atom. The predicted octanol–water partition coefficient (Wildman–Crippen LogP) is 3.72. The predicted molar refractivity (Wildman–Crippen MR) is 195 cm³/mol. The molecule has 3 aromatic rings. The van der Waals surface area contributed by atoms with E-state index in [1.165, 1.54) is 18.5 Å². The summed E-state index contributed by atoms with van der Waals surface area (Å²) >= 11 is 3.42. The van der Waals surface area contributed by atoms with Crippen molar-refractivity contribution in [3.05, 3.63) is 81.5 Å². The van der Waals surface area contributed by atoms with Crippen LogP contribution in [0.15, 0.2) is 59.2 Å². The number of anilines is 1. The molecule has 2 fully saturated rings. The van der Waals surface area contributed by atoms with Gasteiger partial charge in [0.25, 0.3) is 14.8 Å². The minimum atomic E-state index is -0.946. The average Bonchev–Trinajstić information content (AvgIpc) is 3.77. The number of aryl methyl sites for hydroxylation is 2. The van der Waals surface area contributed by atoms with Gasteiger partial charge in [-0.2, -0.15) is 0 Å². The number of nitrogens with zero attached hydrogens (tertiary/aromatic N) is 2. The van der Waals surface area contributed by atoms with Crippen molar-refractivity contribution in [2.24, 2.45) is 0 Å². The van der Waals surface area contributed by atoms with E-state index in [4.69, 9.17) is 4.74 Å². The summed E-state index contributed by atoms with van der Waals surface area (Å²) in [5.74, 6) is -1.22. The van der Waals surface area contributed by atoms with Crippen molar-refractivity contribution in [1.82, 2.24) is 15.4 Å². The van der Waals surface area contributed by atoms with E-state index < -0.39 is 24.0 Å². The minimum Gasteiger partial charge on any atom is -0.480 e. The molecule has 0 amide bonds. The van der Waals surface area contributed by atoms with E-state index in [1.807, 2.05) is 30.5 Å². The highest BCUT2D eigenvalue weighted by molar-refractivity contribution is 9.10. The van der Waals surface area contributed by atoms with Crippen LogP contribution in [0.3, 0.4) is 0 Å². The lowest BCUT2D eigenvalue weighted by molar-refractivity contribution is -0.140. The third-order valence-corrected chi connectivity index (χ3v) is 10.8. The normalized spacial score (nSPS) is 22.9. The number of rotatable bonds is 12. The Morgan fingerprint density at radius 1 is 0.880 bits per heavy atom. The number of morpholine rings is 1. The van der Waals surface area contributed by atoms with Crippen LogP contribution in [0.1, 0.15) is 66.2 Å². The van der Waals surface area contributed by atoms with Gasteiger partial charge >= 0.3 is 11.9 Å². The zero-order valence-corrected chi connectivity index (χ0v) is 29.1. The molecule has 0 spiro atoms. The third kappa shape index (κ3) is 8.04. The number of aliphatic carboxylic acids is 2. The molecule has 2 radical (unpaired) electrons. The van der Waals surface area contributed by atoms with Gasteiger partial charge in [-0.05, 0) is 103 Å². The molecule has 258 valence electrons. The highest BCUT2D eigenvalue weighted by Crippen LogP contribution is 2.39. The lowest BCUT2D eigenvalue weighted by Gasteiger charge is -2.31. The average molecular weight is 741 g/mol. The van der Waals surface area contributed by atoms with Crippen LogP contribution in [0.4, 0.5) is 5.82 Å². The van der Waals surface area contributed by atoms with Crippen LogP contribution in [0.5, 0.6) is 0 Å². The van der Waals surface area contributed by atoms with Crippen molar-refractivity contribution in [3.63, 3.8) is 0 Å². The molecule has 2 aliphatic carbocycles. The van der Waals surface area contributed by atoms with E-state index >= 15 is 0 Å². The third-order valence-electron chi connectivity index (χ3n) is 10.3. The highest BCUT2D eigenvalue weighted by Gasteiger charge is 2.40. The topological polar surface area (TPSA) is 158 Å². The Morgan fingerprint density at radius 3 is 2.04 bits per heavy atom. The number of pyridine rings is 1. The minimum absolute atomic E-state index is 0.116. The van der Waals surface area contributed by atoms with Crippen molar-refractivity contribution in [3.8, 4) is 11.1 Å². The summed E-state index contributed by atoms with van der Waals surface area (Å²) in [6, 6.07) is 15.3. The number of carboxylic acid groups (broad SMARTS) is 2. The second-order valence-corrected chi connectivity index (χ2v) is 14.1. The summed E-state index contributed by atoms with van der Waals surface area (Å²) in [7, 11) is 2.34. The molecule has 2 aliphatic heterocycles. The van der Waals surface area contributed by atoms with Crippen LogP contribution in [0, 0.1) is 0 Å². The Labute approximate surface area is 301 Å². The first-order valence-corrected chi connectivity index (χ1v) is 17.8. The molecule has 6 atom stereocenters. The van der Waals surface area contributed by atoms with Crippen molar-refractivity contribution in [2.45, 2.75) is 81.0 Å². The monoisotopic (exact) mass is 740 g/mol. The van der Waals surface area contributed by atoms with Gasteiger partial charge in [0.05, 0.1) is 31.1 Å². The van der Waals surface area contributed by atoms with Crippen LogP contribution in [-0.4, -0.2) is 91.7 Å². The molecule has 4 aliphatic rings.